The third-order valence-corrected chi connectivity index (χ3v) is 3.95. The monoisotopic (exact) mass is 311 g/mol. The van der Waals surface area contributed by atoms with E-state index in [9.17, 15) is 4.79 Å². The molecule has 2 aliphatic rings. The van der Waals surface area contributed by atoms with Gasteiger partial charge in [0.25, 0.3) is 0 Å². The number of rotatable bonds is 3. The summed E-state index contributed by atoms with van der Waals surface area (Å²) >= 11 is 0. The minimum atomic E-state index is -0.344. The van der Waals surface area contributed by atoms with E-state index in [2.05, 4.69) is 4.90 Å². The summed E-state index contributed by atoms with van der Waals surface area (Å²) in [7, 11) is 0. The lowest BCUT2D eigenvalue weighted by atomic mass is 10.1. The van der Waals surface area contributed by atoms with Gasteiger partial charge in [0.15, 0.2) is 0 Å². The van der Waals surface area contributed by atoms with Crippen molar-refractivity contribution in [1.29, 1.82) is 0 Å². The SMILES string of the molecule is C[C@@H](N)C(=O)N1CCC(CN2CCCCC2)C1.Cl.Cl. The molecule has 1 amide bonds. The van der Waals surface area contributed by atoms with Crippen molar-refractivity contribution in [2.24, 2.45) is 11.7 Å². The minimum absolute atomic E-state index is 0. The zero-order chi connectivity index (χ0) is 12.3. The fourth-order valence-corrected chi connectivity index (χ4v) is 2.98. The molecule has 2 atom stereocenters. The summed E-state index contributed by atoms with van der Waals surface area (Å²) in [6.07, 6.45) is 5.22. The van der Waals surface area contributed by atoms with Crippen LogP contribution in [0.15, 0.2) is 0 Å². The maximum absolute atomic E-state index is 11.8. The first kappa shape index (κ1) is 19.0. The Balaban J connectivity index is 0.00000162. The first-order valence-electron chi connectivity index (χ1n) is 6.93. The largest absolute Gasteiger partial charge is 0.341 e. The van der Waals surface area contributed by atoms with Crippen LogP contribution < -0.4 is 5.73 Å². The Kier molecular flexibility index (Phi) is 8.99. The standard InChI is InChI=1S/C13H25N3O.2ClH/c1-11(14)13(17)16-8-5-12(10-16)9-15-6-3-2-4-7-15;;/h11-12H,2-10,14H2,1H3;2*1H/t11-,12?;;/m1../s1. The summed E-state index contributed by atoms with van der Waals surface area (Å²) < 4.78 is 0. The molecule has 0 saturated carbocycles. The Morgan fingerprint density at radius 3 is 2.42 bits per heavy atom. The number of hydrogen-bond acceptors (Lipinski definition) is 3. The Bertz CT molecular complexity index is 271. The summed E-state index contributed by atoms with van der Waals surface area (Å²) in [5, 5.41) is 0. The lowest BCUT2D eigenvalue weighted by Gasteiger charge is -2.29. The first-order valence-corrected chi connectivity index (χ1v) is 6.93. The summed E-state index contributed by atoms with van der Waals surface area (Å²) in [6, 6.07) is -0.344. The molecule has 2 fully saturated rings. The topological polar surface area (TPSA) is 49.6 Å². The number of hydrogen-bond donors (Lipinski definition) is 1. The van der Waals surface area contributed by atoms with Crippen molar-refractivity contribution in [3.63, 3.8) is 0 Å². The van der Waals surface area contributed by atoms with Gasteiger partial charge in [0.05, 0.1) is 6.04 Å². The molecule has 0 spiro atoms. The van der Waals surface area contributed by atoms with Gasteiger partial charge < -0.3 is 15.5 Å². The average molecular weight is 312 g/mol. The van der Waals surface area contributed by atoms with Crippen LogP contribution in [0.1, 0.15) is 32.6 Å². The Hall–Kier alpha value is -0.0300. The van der Waals surface area contributed by atoms with Crippen LogP contribution in [0.3, 0.4) is 0 Å². The predicted molar refractivity (Wildman–Crippen MR) is 83.1 cm³/mol. The van der Waals surface area contributed by atoms with E-state index >= 15 is 0 Å². The molecule has 19 heavy (non-hydrogen) atoms. The van der Waals surface area contributed by atoms with Crippen LogP contribution in [0.2, 0.25) is 0 Å². The van der Waals surface area contributed by atoms with Gasteiger partial charge in [-0.2, -0.15) is 0 Å². The summed E-state index contributed by atoms with van der Waals surface area (Å²) in [5.74, 6) is 0.780. The first-order chi connectivity index (χ1) is 8.16. The van der Waals surface area contributed by atoms with Crippen molar-refractivity contribution < 1.29 is 4.79 Å². The highest BCUT2D eigenvalue weighted by atomic mass is 35.5. The van der Waals surface area contributed by atoms with Gasteiger partial charge in [-0.05, 0) is 45.2 Å². The highest BCUT2D eigenvalue weighted by molar-refractivity contribution is 5.85. The lowest BCUT2D eigenvalue weighted by Crippen LogP contribution is -2.41. The molecule has 0 aliphatic carbocycles. The van der Waals surface area contributed by atoms with Crippen molar-refractivity contribution in [2.75, 3.05) is 32.7 Å². The second-order valence-electron chi connectivity index (χ2n) is 5.59. The van der Waals surface area contributed by atoms with E-state index in [1.165, 1.54) is 38.9 Å². The lowest BCUT2D eigenvalue weighted by molar-refractivity contribution is -0.131. The van der Waals surface area contributed by atoms with Gasteiger partial charge in [-0.15, -0.1) is 24.8 Å². The smallest absolute Gasteiger partial charge is 0.239 e. The maximum Gasteiger partial charge on any atom is 0.239 e. The number of carbonyl (C=O) groups is 1. The number of amides is 1. The molecule has 0 bridgehead atoms. The molecule has 114 valence electrons. The summed E-state index contributed by atoms with van der Waals surface area (Å²) in [6.45, 7) is 7.26. The van der Waals surface area contributed by atoms with Crippen LogP contribution in [-0.4, -0.2) is 54.5 Å². The number of nitrogens with two attached hydrogens (primary N) is 1. The van der Waals surface area contributed by atoms with Crippen LogP contribution in [0.25, 0.3) is 0 Å². The van der Waals surface area contributed by atoms with Crippen molar-refractivity contribution >= 4 is 30.7 Å². The van der Waals surface area contributed by atoms with E-state index < -0.39 is 0 Å². The number of carbonyl (C=O) groups excluding carboxylic acids is 1. The number of likely N-dealkylation sites (tertiary alicyclic amines) is 2. The normalized spacial score (nSPS) is 25.4. The van der Waals surface area contributed by atoms with Crippen molar-refractivity contribution in [3.05, 3.63) is 0 Å². The van der Waals surface area contributed by atoms with Gasteiger partial charge in [-0.3, -0.25) is 4.79 Å². The Morgan fingerprint density at radius 1 is 1.21 bits per heavy atom. The molecule has 0 aromatic heterocycles. The number of piperidine rings is 1. The van der Waals surface area contributed by atoms with Crippen LogP contribution in [0.4, 0.5) is 0 Å². The quantitative estimate of drug-likeness (QED) is 0.859. The molecular formula is C13H27Cl2N3O. The molecule has 1 unspecified atom stereocenters. The molecule has 6 heteroatoms. The van der Waals surface area contributed by atoms with Gasteiger partial charge in [-0.1, -0.05) is 6.42 Å². The van der Waals surface area contributed by atoms with Crippen LogP contribution in [0, 0.1) is 5.92 Å². The summed E-state index contributed by atoms with van der Waals surface area (Å²) in [4.78, 5) is 16.3. The van der Waals surface area contributed by atoms with E-state index in [-0.39, 0.29) is 36.8 Å². The highest BCUT2D eigenvalue weighted by Gasteiger charge is 2.29. The fraction of sp³-hybridized carbons (Fsp3) is 0.923. The van der Waals surface area contributed by atoms with E-state index in [0.717, 1.165) is 19.5 Å². The summed E-state index contributed by atoms with van der Waals surface area (Å²) in [5.41, 5.74) is 5.64. The molecule has 2 rings (SSSR count). The number of halogens is 2. The van der Waals surface area contributed by atoms with Crippen LogP contribution in [0.5, 0.6) is 0 Å². The predicted octanol–water partition coefficient (Wildman–Crippen LogP) is 1.51. The van der Waals surface area contributed by atoms with Crippen LogP contribution in [-0.2, 0) is 4.79 Å². The van der Waals surface area contributed by atoms with Gasteiger partial charge in [-0.25, -0.2) is 0 Å². The Morgan fingerprint density at radius 2 is 1.84 bits per heavy atom. The van der Waals surface area contributed by atoms with Crippen LogP contribution >= 0.6 is 24.8 Å². The van der Waals surface area contributed by atoms with Gasteiger partial charge in [0.2, 0.25) is 5.91 Å². The number of nitrogens with zero attached hydrogens (tertiary/aromatic N) is 2. The molecule has 2 saturated heterocycles. The molecule has 2 N–H and O–H groups in total. The molecule has 0 aromatic carbocycles. The molecule has 4 nitrogen and oxygen atoms in total. The zero-order valence-electron chi connectivity index (χ0n) is 11.7. The zero-order valence-corrected chi connectivity index (χ0v) is 13.3. The second-order valence-corrected chi connectivity index (χ2v) is 5.59. The maximum atomic E-state index is 11.8. The molecule has 0 aromatic rings. The van der Waals surface area contributed by atoms with Crippen molar-refractivity contribution in [1.82, 2.24) is 9.80 Å². The molecule has 0 radical (unpaired) electrons. The molecule has 2 aliphatic heterocycles. The molecule has 2 heterocycles. The van der Waals surface area contributed by atoms with Crippen molar-refractivity contribution in [2.45, 2.75) is 38.6 Å². The average Bonchev–Trinajstić information content (AvgIpc) is 2.77. The third-order valence-electron chi connectivity index (χ3n) is 3.95. The fourth-order valence-electron chi connectivity index (χ4n) is 2.98. The Labute approximate surface area is 128 Å². The van der Waals surface area contributed by atoms with E-state index in [0.29, 0.717) is 5.92 Å². The van der Waals surface area contributed by atoms with E-state index in [4.69, 9.17) is 5.73 Å². The van der Waals surface area contributed by atoms with Crippen molar-refractivity contribution in [3.8, 4) is 0 Å². The highest BCUT2D eigenvalue weighted by Crippen LogP contribution is 2.20. The third kappa shape index (κ3) is 5.46. The van der Waals surface area contributed by atoms with Gasteiger partial charge >= 0.3 is 0 Å². The minimum Gasteiger partial charge on any atom is -0.341 e. The van der Waals surface area contributed by atoms with Gasteiger partial charge in [0.1, 0.15) is 0 Å². The van der Waals surface area contributed by atoms with E-state index in [1.807, 2.05) is 4.90 Å². The van der Waals surface area contributed by atoms with Gasteiger partial charge in [0, 0.05) is 19.6 Å². The second kappa shape index (κ2) is 9.01. The van der Waals surface area contributed by atoms with E-state index in [1.54, 1.807) is 6.92 Å². The molecular weight excluding hydrogens is 285 g/mol.